The van der Waals surface area contributed by atoms with Gasteiger partial charge in [-0.25, -0.2) is 5.01 Å². The third-order valence-corrected chi connectivity index (χ3v) is 4.51. The summed E-state index contributed by atoms with van der Waals surface area (Å²) in [5.41, 5.74) is 3.12. The molecule has 0 radical (unpaired) electrons. The summed E-state index contributed by atoms with van der Waals surface area (Å²) in [5, 5.41) is 8.13. The first-order valence-corrected chi connectivity index (χ1v) is 7.41. The summed E-state index contributed by atoms with van der Waals surface area (Å²) in [6, 6.07) is 3.99. The van der Waals surface area contributed by atoms with Crippen LogP contribution >= 0.6 is 11.3 Å². The van der Waals surface area contributed by atoms with Gasteiger partial charge in [-0.3, -0.25) is 4.79 Å². The van der Waals surface area contributed by atoms with Gasteiger partial charge in [0.2, 0.25) is 5.91 Å². The van der Waals surface area contributed by atoms with Gasteiger partial charge in [0, 0.05) is 18.9 Å². The lowest BCUT2D eigenvalue weighted by Gasteiger charge is -2.20. The first kappa shape index (κ1) is 13.1. The molecule has 1 aliphatic rings. The molecule has 3 heterocycles. The number of aryl methyl sites for hydroxylation is 2. The molecule has 4 nitrogen and oxygen atoms in total. The molecule has 0 N–H and O–H groups in total. The number of furan rings is 1. The highest BCUT2D eigenvalue weighted by atomic mass is 32.1. The molecule has 0 spiro atoms. The Morgan fingerprint density at radius 1 is 1.50 bits per heavy atom. The van der Waals surface area contributed by atoms with Crippen LogP contribution in [-0.4, -0.2) is 16.6 Å². The Bertz CT molecular complexity index is 651. The van der Waals surface area contributed by atoms with E-state index in [0.29, 0.717) is 0 Å². The number of amides is 1. The lowest BCUT2D eigenvalue weighted by molar-refractivity contribution is -0.130. The molecule has 0 bridgehead atoms. The standard InChI is InChI=1S/C15H16N2O2S/c1-9-8-19-10(2)15(9)13-7-12(14-5-4-6-20-14)16-17(13)11(3)18/h4-6,8,13H,7H2,1-3H3/t13-/m1/s1. The molecule has 1 amide bonds. The van der Waals surface area contributed by atoms with E-state index in [9.17, 15) is 4.79 Å². The summed E-state index contributed by atoms with van der Waals surface area (Å²) in [6.45, 7) is 5.50. The van der Waals surface area contributed by atoms with Gasteiger partial charge in [-0.05, 0) is 30.9 Å². The van der Waals surface area contributed by atoms with Crippen LogP contribution in [-0.2, 0) is 4.79 Å². The second-order valence-electron chi connectivity index (χ2n) is 5.00. The topological polar surface area (TPSA) is 45.8 Å². The molecule has 20 heavy (non-hydrogen) atoms. The Hall–Kier alpha value is -1.88. The zero-order chi connectivity index (χ0) is 14.3. The van der Waals surface area contributed by atoms with Gasteiger partial charge in [-0.1, -0.05) is 6.07 Å². The summed E-state index contributed by atoms with van der Waals surface area (Å²) in [4.78, 5) is 13.0. The molecule has 0 fully saturated rings. The van der Waals surface area contributed by atoms with Gasteiger partial charge in [-0.15, -0.1) is 11.3 Å². The van der Waals surface area contributed by atoms with E-state index in [1.165, 1.54) is 0 Å². The molecule has 5 heteroatoms. The molecule has 3 rings (SSSR count). The van der Waals surface area contributed by atoms with Crippen molar-refractivity contribution >= 4 is 23.0 Å². The van der Waals surface area contributed by atoms with Crippen molar-refractivity contribution in [2.24, 2.45) is 5.10 Å². The molecular formula is C15H16N2O2S. The van der Waals surface area contributed by atoms with E-state index in [-0.39, 0.29) is 11.9 Å². The van der Waals surface area contributed by atoms with Gasteiger partial charge in [0.25, 0.3) is 0 Å². The SMILES string of the molecule is CC(=O)N1N=C(c2cccs2)C[C@@H]1c1c(C)coc1C. The van der Waals surface area contributed by atoms with Crippen LogP contribution in [0.4, 0.5) is 0 Å². The number of carbonyl (C=O) groups is 1. The number of thiophene rings is 1. The monoisotopic (exact) mass is 288 g/mol. The second kappa shape index (κ2) is 4.90. The van der Waals surface area contributed by atoms with Gasteiger partial charge < -0.3 is 4.42 Å². The Morgan fingerprint density at radius 2 is 2.30 bits per heavy atom. The van der Waals surface area contributed by atoms with Gasteiger partial charge >= 0.3 is 0 Å². The van der Waals surface area contributed by atoms with Crippen molar-refractivity contribution < 1.29 is 9.21 Å². The maximum absolute atomic E-state index is 11.9. The van der Waals surface area contributed by atoms with Crippen LogP contribution in [0, 0.1) is 13.8 Å². The van der Waals surface area contributed by atoms with Crippen molar-refractivity contribution in [3.8, 4) is 0 Å². The molecule has 2 aromatic heterocycles. The maximum atomic E-state index is 11.9. The van der Waals surface area contributed by atoms with E-state index in [0.717, 1.165) is 33.9 Å². The predicted molar refractivity (Wildman–Crippen MR) is 78.9 cm³/mol. The van der Waals surface area contributed by atoms with Crippen molar-refractivity contribution in [3.05, 3.63) is 45.5 Å². The number of hydrazone groups is 1. The van der Waals surface area contributed by atoms with Crippen LogP contribution in [0.1, 0.15) is 41.2 Å². The quantitative estimate of drug-likeness (QED) is 0.846. The third kappa shape index (κ3) is 2.08. The molecular weight excluding hydrogens is 272 g/mol. The minimum absolute atomic E-state index is 0.0402. The number of carbonyl (C=O) groups excluding carboxylic acids is 1. The van der Waals surface area contributed by atoms with Crippen molar-refractivity contribution in [2.45, 2.75) is 33.2 Å². The summed E-state index contributed by atoms with van der Waals surface area (Å²) >= 11 is 1.65. The fraction of sp³-hybridized carbons (Fsp3) is 0.333. The van der Waals surface area contributed by atoms with E-state index in [1.54, 1.807) is 29.5 Å². The Morgan fingerprint density at radius 3 is 2.85 bits per heavy atom. The largest absolute Gasteiger partial charge is 0.469 e. The lowest BCUT2D eigenvalue weighted by atomic mass is 9.98. The number of nitrogens with zero attached hydrogens (tertiary/aromatic N) is 2. The Balaban J connectivity index is 2.00. The number of hydrogen-bond acceptors (Lipinski definition) is 4. The molecule has 0 aromatic carbocycles. The van der Waals surface area contributed by atoms with Crippen molar-refractivity contribution in [1.29, 1.82) is 0 Å². The molecule has 1 atom stereocenters. The maximum Gasteiger partial charge on any atom is 0.240 e. The lowest BCUT2D eigenvalue weighted by Crippen LogP contribution is -2.25. The molecule has 104 valence electrons. The number of hydrogen-bond donors (Lipinski definition) is 0. The van der Waals surface area contributed by atoms with E-state index in [2.05, 4.69) is 5.10 Å². The van der Waals surface area contributed by atoms with Gasteiger partial charge in [-0.2, -0.15) is 5.10 Å². The molecule has 1 aliphatic heterocycles. The zero-order valence-electron chi connectivity index (χ0n) is 11.7. The minimum atomic E-state index is -0.0525. The second-order valence-corrected chi connectivity index (χ2v) is 5.94. The first-order chi connectivity index (χ1) is 9.58. The first-order valence-electron chi connectivity index (χ1n) is 6.53. The average molecular weight is 288 g/mol. The third-order valence-electron chi connectivity index (χ3n) is 3.59. The summed E-state index contributed by atoms with van der Waals surface area (Å²) in [5.74, 6) is 0.822. The molecule has 0 aliphatic carbocycles. The normalized spacial score (nSPS) is 18.4. The molecule has 2 aromatic rings. The number of rotatable bonds is 2. The van der Waals surface area contributed by atoms with Crippen LogP contribution in [0.5, 0.6) is 0 Å². The fourth-order valence-electron chi connectivity index (χ4n) is 2.70. The van der Waals surface area contributed by atoms with E-state index in [4.69, 9.17) is 4.42 Å². The van der Waals surface area contributed by atoms with E-state index in [1.807, 2.05) is 31.4 Å². The zero-order valence-corrected chi connectivity index (χ0v) is 12.5. The summed E-state index contributed by atoms with van der Waals surface area (Å²) in [7, 11) is 0. The van der Waals surface area contributed by atoms with Gasteiger partial charge in [0.1, 0.15) is 5.76 Å². The van der Waals surface area contributed by atoms with E-state index >= 15 is 0 Å². The molecule has 0 unspecified atom stereocenters. The predicted octanol–water partition coefficient (Wildman–Crippen LogP) is 3.66. The van der Waals surface area contributed by atoms with Crippen LogP contribution < -0.4 is 0 Å². The van der Waals surface area contributed by atoms with Crippen LogP contribution in [0.3, 0.4) is 0 Å². The molecule has 0 saturated heterocycles. The highest BCUT2D eigenvalue weighted by molar-refractivity contribution is 7.12. The Kier molecular flexibility index (Phi) is 3.22. The average Bonchev–Trinajstić information content (AvgIpc) is 3.08. The van der Waals surface area contributed by atoms with Crippen molar-refractivity contribution in [2.75, 3.05) is 0 Å². The smallest absolute Gasteiger partial charge is 0.240 e. The summed E-state index contributed by atoms with van der Waals surface area (Å²) in [6.07, 6.45) is 2.48. The summed E-state index contributed by atoms with van der Waals surface area (Å²) < 4.78 is 5.48. The Labute approximate surface area is 121 Å². The van der Waals surface area contributed by atoms with Crippen LogP contribution in [0.2, 0.25) is 0 Å². The van der Waals surface area contributed by atoms with Crippen LogP contribution in [0.25, 0.3) is 0 Å². The fourth-order valence-corrected chi connectivity index (χ4v) is 3.42. The highest BCUT2D eigenvalue weighted by Gasteiger charge is 2.34. The van der Waals surface area contributed by atoms with Gasteiger partial charge in [0.05, 0.1) is 22.9 Å². The van der Waals surface area contributed by atoms with Crippen molar-refractivity contribution in [1.82, 2.24) is 5.01 Å². The molecule has 0 saturated carbocycles. The van der Waals surface area contributed by atoms with E-state index < -0.39 is 0 Å². The minimum Gasteiger partial charge on any atom is -0.469 e. The van der Waals surface area contributed by atoms with Crippen LogP contribution in [0.15, 0.2) is 33.3 Å². The van der Waals surface area contributed by atoms with Crippen molar-refractivity contribution in [3.63, 3.8) is 0 Å². The van der Waals surface area contributed by atoms with Gasteiger partial charge in [0.15, 0.2) is 0 Å². The highest BCUT2D eigenvalue weighted by Crippen LogP contribution is 2.37.